The highest BCUT2D eigenvalue weighted by atomic mass is 16.5. The molecule has 2 aliphatic heterocycles. The van der Waals surface area contributed by atoms with Crippen LogP contribution in [0.3, 0.4) is 0 Å². The predicted molar refractivity (Wildman–Crippen MR) is 145 cm³/mol. The number of likely N-dealkylation sites (tertiary alicyclic amines) is 1. The largest absolute Gasteiger partial charge is 0.507 e. The van der Waals surface area contributed by atoms with E-state index in [1.165, 1.54) is 0 Å². The van der Waals surface area contributed by atoms with Gasteiger partial charge in [-0.2, -0.15) is 0 Å². The standard InChI is InChI=1S/C30H34N2O6/c1-4-16-37-23-8-6-22(7-9-23)27-26(28(33)25-11-10-24(20-21(25)3)38-17-5-2)29(34)30(35)32(27)13-12-31-14-18-36-19-15-31/h4-11,20,27,33H,1-2,12-19H2,3H3/b28-26+. The van der Waals surface area contributed by atoms with E-state index in [4.69, 9.17) is 14.2 Å². The van der Waals surface area contributed by atoms with E-state index >= 15 is 0 Å². The first kappa shape index (κ1) is 27.2. The molecule has 200 valence electrons. The highest BCUT2D eigenvalue weighted by Gasteiger charge is 2.46. The number of aliphatic hydroxyl groups is 1. The predicted octanol–water partition coefficient (Wildman–Crippen LogP) is 3.88. The Labute approximate surface area is 223 Å². The van der Waals surface area contributed by atoms with Crippen LogP contribution in [0.5, 0.6) is 11.5 Å². The second-order valence-electron chi connectivity index (χ2n) is 9.19. The summed E-state index contributed by atoms with van der Waals surface area (Å²) in [6.07, 6.45) is 3.31. The Morgan fingerprint density at radius 3 is 2.26 bits per heavy atom. The lowest BCUT2D eigenvalue weighted by atomic mass is 9.94. The second kappa shape index (κ2) is 12.6. The lowest BCUT2D eigenvalue weighted by Gasteiger charge is -2.31. The third-order valence-electron chi connectivity index (χ3n) is 6.69. The first-order valence-electron chi connectivity index (χ1n) is 12.7. The third kappa shape index (κ3) is 5.98. The summed E-state index contributed by atoms with van der Waals surface area (Å²) in [5.41, 5.74) is 1.97. The third-order valence-corrected chi connectivity index (χ3v) is 6.69. The molecule has 1 N–H and O–H groups in total. The van der Waals surface area contributed by atoms with Gasteiger partial charge in [-0.15, -0.1) is 0 Å². The van der Waals surface area contributed by atoms with Crippen LogP contribution in [0.1, 0.15) is 22.7 Å². The molecule has 2 fully saturated rings. The van der Waals surface area contributed by atoms with Gasteiger partial charge in [-0.05, 0) is 48.4 Å². The molecule has 8 heteroatoms. The Kier molecular flexibility index (Phi) is 8.99. The lowest BCUT2D eigenvalue weighted by molar-refractivity contribution is -0.140. The van der Waals surface area contributed by atoms with Crippen LogP contribution in [-0.2, 0) is 14.3 Å². The highest BCUT2D eigenvalue weighted by Crippen LogP contribution is 2.40. The summed E-state index contributed by atoms with van der Waals surface area (Å²) in [6, 6.07) is 11.7. The molecule has 0 bridgehead atoms. The average Bonchev–Trinajstić information content (AvgIpc) is 3.19. The Bertz CT molecular complexity index is 1210. The molecule has 0 radical (unpaired) electrons. The van der Waals surface area contributed by atoms with Gasteiger partial charge >= 0.3 is 0 Å². The Balaban J connectivity index is 1.71. The number of aryl methyl sites for hydroxylation is 1. The summed E-state index contributed by atoms with van der Waals surface area (Å²) >= 11 is 0. The number of aliphatic hydroxyl groups excluding tert-OH is 1. The number of nitrogens with zero attached hydrogens (tertiary/aromatic N) is 2. The molecule has 1 amide bonds. The van der Waals surface area contributed by atoms with Crippen molar-refractivity contribution in [2.45, 2.75) is 13.0 Å². The summed E-state index contributed by atoms with van der Waals surface area (Å²) in [4.78, 5) is 30.4. The van der Waals surface area contributed by atoms with Gasteiger partial charge in [0, 0.05) is 31.7 Å². The molecule has 2 aromatic rings. The molecule has 0 aliphatic carbocycles. The fourth-order valence-corrected chi connectivity index (χ4v) is 4.72. The minimum atomic E-state index is -0.736. The quantitative estimate of drug-likeness (QED) is 0.209. The van der Waals surface area contributed by atoms with E-state index in [1.807, 2.05) is 19.1 Å². The first-order valence-corrected chi connectivity index (χ1v) is 12.7. The number of Topliss-reactive ketones (excluding diaryl/α,β-unsaturated/α-hetero) is 1. The molecule has 2 heterocycles. The first-order chi connectivity index (χ1) is 18.4. The summed E-state index contributed by atoms with van der Waals surface area (Å²) in [7, 11) is 0. The molecule has 1 atom stereocenters. The van der Waals surface area contributed by atoms with Crippen LogP contribution < -0.4 is 9.47 Å². The maximum Gasteiger partial charge on any atom is 0.295 e. The maximum atomic E-state index is 13.4. The van der Waals surface area contributed by atoms with E-state index in [0.29, 0.717) is 62.1 Å². The van der Waals surface area contributed by atoms with Gasteiger partial charge in [0.05, 0.1) is 24.8 Å². The molecule has 4 rings (SSSR count). The number of morpholine rings is 1. The normalized spacial score (nSPS) is 19.4. The van der Waals surface area contributed by atoms with Gasteiger partial charge in [0.2, 0.25) is 0 Å². The number of ketones is 1. The molecule has 38 heavy (non-hydrogen) atoms. The number of carbonyl (C=O) groups excluding carboxylic acids is 2. The van der Waals surface area contributed by atoms with E-state index in [1.54, 1.807) is 47.4 Å². The van der Waals surface area contributed by atoms with Gasteiger partial charge in [-0.1, -0.05) is 37.4 Å². The Morgan fingerprint density at radius 1 is 1.00 bits per heavy atom. The summed E-state index contributed by atoms with van der Waals surface area (Å²) < 4.78 is 16.6. The van der Waals surface area contributed by atoms with Crippen LogP contribution >= 0.6 is 0 Å². The molecule has 0 aromatic heterocycles. The number of amides is 1. The van der Waals surface area contributed by atoms with Gasteiger partial charge < -0.3 is 24.2 Å². The number of hydrogen-bond donors (Lipinski definition) is 1. The molecule has 1 unspecified atom stereocenters. The van der Waals surface area contributed by atoms with E-state index in [-0.39, 0.29) is 11.3 Å². The molecule has 8 nitrogen and oxygen atoms in total. The summed E-state index contributed by atoms with van der Waals surface area (Å²) in [5, 5.41) is 11.5. The maximum absolute atomic E-state index is 13.4. The molecule has 0 spiro atoms. The van der Waals surface area contributed by atoms with Crippen molar-refractivity contribution in [1.82, 2.24) is 9.80 Å². The zero-order chi connectivity index (χ0) is 27.1. The van der Waals surface area contributed by atoms with Crippen molar-refractivity contribution >= 4 is 17.4 Å². The Hall–Kier alpha value is -3.88. The smallest absolute Gasteiger partial charge is 0.295 e. The molecular weight excluding hydrogens is 484 g/mol. The van der Waals surface area contributed by atoms with Crippen molar-refractivity contribution in [3.63, 3.8) is 0 Å². The fourth-order valence-electron chi connectivity index (χ4n) is 4.72. The number of ether oxygens (including phenoxy) is 3. The van der Waals surface area contributed by atoms with Gasteiger partial charge in [-0.25, -0.2) is 0 Å². The minimum Gasteiger partial charge on any atom is -0.507 e. The zero-order valence-corrected chi connectivity index (χ0v) is 21.7. The van der Waals surface area contributed by atoms with Crippen LogP contribution in [0, 0.1) is 6.92 Å². The van der Waals surface area contributed by atoms with E-state index in [9.17, 15) is 14.7 Å². The highest BCUT2D eigenvalue weighted by molar-refractivity contribution is 6.46. The van der Waals surface area contributed by atoms with E-state index in [0.717, 1.165) is 18.7 Å². The van der Waals surface area contributed by atoms with Gasteiger partial charge in [0.1, 0.15) is 30.5 Å². The number of carbonyl (C=O) groups is 2. The van der Waals surface area contributed by atoms with Crippen molar-refractivity contribution in [3.8, 4) is 11.5 Å². The van der Waals surface area contributed by atoms with Crippen LogP contribution in [0.4, 0.5) is 0 Å². The summed E-state index contributed by atoms with van der Waals surface area (Å²) in [5.74, 6) is -0.267. The molecule has 2 aromatic carbocycles. The second-order valence-corrected chi connectivity index (χ2v) is 9.19. The SMILES string of the molecule is C=CCOc1ccc(C2/C(=C(\O)c3ccc(OCC=C)cc3C)C(=O)C(=O)N2CCN2CCOCC2)cc1. The van der Waals surface area contributed by atoms with Gasteiger partial charge in [0.15, 0.2) is 0 Å². The lowest BCUT2D eigenvalue weighted by Crippen LogP contribution is -2.42. The number of benzene rings is 2. The van der Waals surface area contributed by atoms with Crippen molar-refractivity contribution in [2.24, 2.45) is 0 Å². The van der Waals surface area contributed by atoms with Crippen molar-refractivity contribution in [2.75, 3.05) is 52.6 Å². The molecule has 2 aliphatic rings. The van der Waals surface area contributed by atoms with Crippen LogP contribution in [-0.4, -0.2) is 79.2 Å². The van der Waals surface area contributed by atoms with Crippen molar-refractivity contribution in [3.05, 3.63) is 90.0 Å². The molecular formula is C30H34N2O6. The number of rotatable bonds is 11. The fraction of sp³-hybridized carbons (Fsp3) is 0.333. The van der Waals surface area contributed by atoms with Crippen molar-refractivity contribution < 1.29 is 28.9 Å². The summed E-state index contributed by atoms with van der Waals surface area (Å²) in [6.45, 7) is 13.6. The molecule has 0 saturated carbocycles. The van der Waals surface area contributed by atoms with E-state index < -0.39 is 17.7 Å². The van der Waals surface area contributed by atoms with Crippen molar-refractivity contribution in [1.29, 1.82) is 0 Å². The Morgan fingerprint density at radius 2 is 1.63 bits per heavy atom. The topological polar surface area (TPSA) is 88.5 Å². The minimum absolute atomic E-state index is 0.0691. The van der Waals surface area contributed by atoms with Crippen LogP contribution in [0.25, 0.3) is 5.76 Å². The zero-order valence-electron chi connectivity index (χ0n) is 21.7. The average molecular weight is 519 g/mol. The van der Waals surface area contributed by atoms with Crippen LogP contribution in [0.2, 0.25) is 0 Å². The molecule has 2 saturated heterocycles. The van der Waals surface area contributed by atoms with Crippen LogP contribution in [0.15, 0.2) is 73.3 Å². The van der Waals surface area contributed by atoms with E-state index in [2.05, 4.69) is 18.1 Å². The monoisotopic (exact) mass is 518 g/mol. The van der Waals surface area contributed by atoms with Gasteiger partial charge in [-0.3, -0.25) is 14.5 Å². The van der Waals surface area contributed by atoms with Gasteiger partial charge in [0.25, 0.3) is 11.7 Å². The number of hydrogen-bond acceptors (Lipinski definition) is 7.